The third-order valence-corrected chi connectivity index (χ3v) is 5.45. The highest BCUT2D eigenvalue weighted by molar-refractivity contribution is 5.89. The van der Waals surface area contributed by atoms with E-state index in [1.165, 1.54) is 12.8 Å². The zero-order chi connectivity index (χ0) is 14.8. The van der Waals surface area contributed by atoms with Crippen LogP contribution in [0.3, 0.4) is 0 Å². The lowest BCUT2D eigenvalue weighted by atomic mass is 10.0. The molecule has 3 rings (SSSR count). The van der Waals surface area contributed by atoms with Crippen molar-refractivity contribution < 1.29 is 14.7 Å². The summed E-state index contributed by atoms with van der Waals surface area (Å²) in [4.78, 5) is 26.3. The number of hydrogen-bond acceptors (Lipinski definition) is 3. The van der Waals surface area contributed by atoms with Crippen LogP contribution < -0.4 is 5.32 Å². The van der Waals surface area contributed by atoms with Gasteiger partial charge in [0.1, 0.15) is 0 Å². The van der Waals surface area contributed by atoms with Gasteiger partial charge in [-0.2, -0.15) is 0 Å². The number of aliphatic hydroxyl groups excluding tert-OH is 1. The fraction of sp³-hybridized carbons (Fsp3) is 0.875. The van der Waals surface area contributed by atoms with Gasteiger partial charge in [0.05, 0.1) is 12.0 Å². The lowest BCUT2D eigenvalue weighted by molar-refractivity contribution is -0.130. The molecule has 0 bridgehead atoms. The van der Waals surface area contributed by atoms with Gasteiger partial charge in [-0.3, -0.25) is 9.59 Å². The summed E-state index contributed by atoms with van der Waals surface area (Å²) in [6, 6.07) is 0.368. The summed E-state index contributed by atoms with van der Waals surface area (Å²) in [6.45, 7) is 1.14. The van der Waals surface area contributed by atoms with Gasteiger partial charge in [-0.25, -0.2) is 0 Å². The Bertz CT molecular complexity index is 406. The fourth-order valence-corrected chi connectivity index (χ4v) is 4.11. The fourth-order valence-electron chi connectivity index (χ4n) is 4.11. The number of nitrogens with zero attached hydrogens (tertiary/aromatic N) is 1. The van der Waals surface area contributed by atoms with Crippen molar-refractivity contribution in [3.63, 3.8) is 0 Å². The second-order valence-electron chi connectivity index (χ2n) is 6.89. The lowest BCUT2D eigenvalue weighted by Crippen LogP contribution is -2.39. The molecule has 2 aliphatic carbocycles. The Balaban J connectivity index is 1.48. The maximum atomic E-state index is 12.2. The minimum absolute atomic E-state index is 0.0112. The summed E-state index contributed by atoms with van der Waals surface area (Å²) in [5.41, 5.74) is 0. The molecule has 21 heavy (non-hydrogen) atoms. The molecule has 0 aromatic carbocycles. The van der Waals surface area contributed by atoms with Crippen molar-refractivity contribution in [1.29, 1.82) is 0 Å². The number of likely N-dealkylation sites (tertiary alicyclic amines) is 1. The number of carbonyl (C=O) groups excluding carboxylic acids is 2. The van der Waals surface area contributed by atoms with Crippen molar-refractivity contribution in [2.75, 3.05) is 13.1 Å². The molecule has 3 aliphatic rings. The maximum absolute atomic E-state index is 12.2. The van der Waals surface area contributed by atoms with E-state index >= 15 is 0 Å². The molecule has 3 unspecified atom stereocenters. The van der Waals surface area contributed by atoms with Crippen LogP contribution in [0.4, 0.5) is 0 Å². The number of carbonyl (C=O) groups is 2. The standard InChI is InChI=1S/C16H26N2O3/c19-14-7-3-4-11(14)9-17-16(21)12-8-15(20)18(10-12)13-5-1-2-6-13/h11-14,19H,1-10H2,(H,17,21). The molecular formula is C16H26N2O3. The van der Waals surface area contributed by atoms with Crippen LogP contribution in [-0.2, 0) is 9.59 Å². The van der Waals surface area contributed by atoms with Crippen LogP contribution in [0.2, 0.25) is 0 Å². The molecule has 2 saturated carbocycles. The predicted molar refractivity (Wildman–Crippen MR) is 78.4 cm³/mol. The molecule has 0 radical (unpaired) electrons. The van der Waals surface area contributed by atoms with Crippen molar-refractivity contribution in [1.82, 2.24) is 10.2 Å². The first kappa shape index (κ1) is 14.8. The summed E-state index contributed by atoms with van der Waals surface area (Å²) < 4.78 is 0. The highest BCUT2D eigenvalue weighted by atomic mass is 16.3. The number of rotatable bonds is 4. The van der Waals surface area contributed by atoms with E-state index in [0.717, 1.165) is 32.1 Å². The van der Waals surface area contributed by atoms with Crippen LogP contribution in [-0.4, -0.2) is 47.1 Å². The van der Waals surface area contributed by atoms with Crippen LogP contribution in [0.5, 0.6) is 0 Å². The molecule has 5 nitrogen and oxygen atoms in total. The first-order chi connectivity index (χ1) is 10.1. The molecule has 2 amide bonds. The van der Waals surface area contributed by atoms with Crippen molar-refractivity contribution in [2.45, 2.75) is 63.5 Å². The number of amides is 2. The highest BCUT2D eigenvalue weighted by Crippen LogP contribution is 2.30. The minimum atomic E-state index is -0.273. The Morgan fingerprint density at radius 3 is 2.62 bits per heavy atom. The van der Waals surface area contributed by atoms with Gasteiger partial charge in [0.25, 0.3) is 0 Å². The van der Waals surface area contributed by atoms with Crippen LogP contribution in [0.15, 0.2) is 0 Å². The lowest BCUT2D eigenvalue weighted by Gasteiger charge is -2.24. The molecule has 2 N–H and O–H groups in total. The topological polar surface area (TPSA) is 69.6 Å². The van der Waals surface area contributed by atoms with Gasteiger partial charge in [-0.15, -0.1) is 0 Å². The van der Waals surface area contributed by atoms with Crippen LogP contribution in [0.25, 0.3) is 0 Å². The first-order valence-corrected chi connectivity index (χ1v) is 8.40. The van der Waals surface area contributed by atoms with E-state index in [0.29, 0.717) is 25.6 Å². The Hall–Kier alpha value is -1.10. The van der Waals surface area contributed by atoms with Crippen LogP contribution in [0.1, 0.15) is 51.4 Å². The number of nitrogens with one attached hydrogen (secondary N) is 1. The van der Waals surface area contributed by atoms with Crippen molar-refractivity contribution in [2.24, 2.45) is 11.8 Å². The first-order valence-electron chi connectivity index (χ1n) is 8.40. The minimum Gasteiger partial charge on any atom is -0.393 e. The molecule has 0 aromatic heterocycles. The third kappa shape index (κ3) is 3.23. The summed E-state index contributed by atoms with van der Waals surface area (Å²) in [5.74, 6) is 0.125. The molecule has 0 spiro atoms. The van der Waals surface area contributed by atoms with E-state index < -0.39 is 0 Å². The second-order valence-corrected chi connectivity index (χ2v) is 6.89. The molecule has 0 aromatic rings. The average molecular weight is 294 g/mol. The van der Waals surface area contributed by atoms with E-state index in [-0.39, 0.29) is 29.8 Å². The van der Waals surface area contributed by atoms with Crippen molar-refractivity contribution in [3.8, 4) is 0 Å². The van der Waals surface area contributed by atoms with Gasteiger partial charge in [0.15, 0.2) is 0 Å². The van der Waals surface area contributed by atoms with E-state index in [9.17, 15) is 14.7 Å². The zero-order valence-electron chi connectivity index (χ0n) is 12.6. The molecular weight excluding hydrogens is 268 g/mol. The van der Waals surface area contributed by atoms with Gasteiger partial charge >= 0.3 is 0 Å². The van der Waals surface area contributed by atoms with Gasteiger partial charge in [-0.05, 0) is 25.7 Å². The molecule has 5 heteroatoms. The van der Waals surface area contributed by atoms with Crippen LogP contribution in [0, 0.1) is 11.8 Å². The Morgan fingerprint density at radius 1 is 1.19 bits per heavy atom. The zero-order valence-corrected chi connectivity index (χ0v) is 12.6. The summed E-state index contributed by atoms with van der Waals surface area (Å²) >= 11 is 0. The largest absolute Gasteiger partial charge is 0.393 e. The quantitative estimate of drug-likeness (QED) is 0.814. The molecule has 3 fully saturated rings. The third-order valence-electron chi connectivity index (χ3n) is 5.45. The summed E-state index contributed by atoms with van der Waals surface area (Å²) in [5, 5.41) is 12.7. The molecule has 1 aliphatic heterocycles. The number of hydrogen-bond donors (Lipinski definition) is 2. The maximum Gasteiger partial charge on any atom is 0.225 e. The number of aliphatic hydroxyl groups is 1. The van der Waals surface area contributed by atoms with Crippen molar-refractivity contribution >= 4 is 11.8 Å². The van der Waals surface area contributed by atoms with E-state index in [4.69, 9.17) is 0 Å². The Morgan fingerprint density at radius 2 is 1.95 bits per heavy atom. The SMILES string of the molecule is O=C(NCC1CCCC1O)C1CC(=O)N(C2CCCC2)C1. The molecule has 118 valence electrons. The van der Waals surface area contributed by atoms with Crippen LogP contribution >= 0.6 is 0 Å². The Labute approximate surface area is 126 Å². The van der Waals surface area contributed by atoms with Gasteiger partial charge in [-0.1, -0.05) is 19.3 Å². The smallest absolute Gasteiger partial charge is 0.225 e. The Kier molecular flexibility index (Phi) is 4.48. The van der Waals surface area contributed by atoms with E-state index in [1.54, 1.807) is 0 Å². The van der Waals surface area contributed by atoms with E-state index in [2.05, 4.69) is 5.32 Å². The molecule has 1 saturated heterocycles. The van der Waals surface area contributed by atoms with Gasteiger partial charge in [0, 0.05) is 31.5 Å². The van der Waals surface area contributed by atoms with E-state index in [1.807, 2.05) is 4.90 Å². The monoisotopic (exact) mass is 294 g/mol. The predicted octanol–water partition coefficient (Wildman–Crippen LogP) is 1.05. The second kappa shape index (κ2) is 6.34. The van der Waals surface area contributed by atoms with Crippen molar-refractivity contribution in [3.05, 3.63) is 0 Å². The van der Waals surface area contributed by atoms with Gasteiger partial charge in [0.2, 0.25) is 11.8 Å². The highest BCUT2D eigenvalue weighted by Gasteiger charge is 2.38. The molecule has 1 heterocycles. The average Bonchev–Trinajstić information content (AvgIpc) is 3.17. The summed E-state index contributed by atoms with van der Waals surface area (Å²) in [6.07, 6.45) is 7.54. The summed E-state index contributed by atoms with van der Waals surface area (Å²) in [7, 11) is 0. The van der Waals surface area contributed by atoms with Gasteiger partial charge < -0.3 is 15.3 Å². The molecule has 3 atom stereocenters. The normalized spacial score (nSPS) is 33.9.